The van der Waals surface area contributed by atoms with E-state index in [1.165, 1.54) is 5.57 Å². The summed E-state index contributed by atoms with van der Waals surface area (Å²) in [6.07, 6.45) is 5.32. The van der Waals surface area contributed by atoms with E-state index in [0.717, 1.165) is 13.1 Å². The van der Waals surface area contributed by atoms with E-state index in [1.54, 1.807) is 12.2 Å². The van der Waals surface area contributed by atoms with Crippen molar-refractivity contribution in [2.75, 3.05) is 13.1 Å². The fourth-order valence-corrected chi connectivity index (χ4v) is 1.40. The SMILES string of the molecule is O=C1C=CC2CNNCC2=C1. The molecule has 0 aromatic heterocycles. The molecule has 2 N–H and O–H groups in total. The smallest absolute Gasteiger partial charge is 0.178 e. The Hall–Kier alpha value is -0.930. The Bertz CT molecular complexity index is 242. The van der Waals surface area contributed by atoms with Crippen LogP contribution in [0.4, 0.5) is 0 Å². The fraction of sp³-hybridized carbons (Fsp3) is 0.375. The number of hydrazine groups is 1. The van der Waals surface area contributed by atoms with E-state index in [-0.39, 0.29) is 5.78 Å². The van der Waals surface area contributed by atoms with Crippen LogP contribution in [0.2, 0.25) is 0 Å². The van der Waals surface area contributed by atoms with E-state index < -0.39 is 0 Å². The van der Waals surface area contributed by atoms with Crippen molar-refractivity contribution in [1.82, 2.24) is 10.9 Å². The minimum atomic E-state index is 0.111. The van der Waals surface area contributed by atoms with Gasteiger partial charge in [0.2, 0.25) is 0 Å². The summed E-state index contributed by atoms with van der Waals surface area (Å²) in [6, 6.07) is 0. The Morgan fingerprint density at radius 3 is 3.27 bits per heavy atom. The van der Waals surface area contributed by atoms with E-state index in [4.69, 9.17) is 0 Å². The summed E-state index contributed by atoms with van der Waals surface area (Å²) in [6.45, 7) is 1.66. The van der Waals surface area contributed by atoms with Crippen LogP contribution in [-0.4, -0.2) is 18.9 Å². The van der Waals surface area contributed by atoms with Crippen molar-refractivity contribution in [2.24, 2.45) is 5.92 Å². The normalized spacial score (nSPS) is 29.6. The molecule has 0 aromatic rings. The summed E-state index contributed by atoms with van der Waals surface area (Å²) in [4.78, 5) is 10.9. The van der Waals surface area contributed by atoms with Crippen LogP contribution >= 0.6 is 0 Å². The van der Waals surface area contributed by atoms with Crippen LogP contribution in [0.15, 0.2) is 23.8 Å². The van der Waals surface area contributed by atoms with Crippen LogP contribution in [0.1, 0.15) is 0 Å². The van der Waals surface area contributed by atoms with Gasteiger partial charge in [-0.25, -0.2) is 0 Å². The van der Waals surface area contributed by atoms with Gasteiger partial charge in [0.15, 0.2) is 5.78 Å². The minimum absolute atomic E-state index is 0.111. The molecule has 1 unspecified atom stereocenters. The van der Waals surface area contributed by atoms with Crippen molar-refractivity contribution >= 4 is 5.78 Å². The van der Waals surface area contributed by atoms with Gasteiger partial charge in [0.05, 0.1) is 0 Å². The van der Waals surface area contributed by atoms with Gasteiger partial charge in [-0.15, -0.1) is 0 Å². The van der Waals surface area contributed by atoms with Crippen molar-refractivity contribution in [3.05, 3.63) is 23.8 Å². The Balaban J connectivity index is 2.21. The van der Waals surface area contributed by atoms with Gasteiger partial charge in [0, 0.05) is 19.0 Å². The Labute approximate surface area is 65.1 Å². The molecule has 1 heterocycles. The number of hydrogen-bond acceptors (Lipinski definition) is 3. The van der Waals surface area contributed by atoms with Gasteiger partial charge in [0.1, 0.15) is 0 Å². The first-order valence-corrected chi connectivity index (χ1v) is 3.74. The van der Waals surface area contributed by atoms with Gasteiger partial charge in [0.25, 0.3) is 0 Å². The molecule has 2 aliphatic rings. The summed E-state index contributed by atoms with van der Waals surface area (Å²) >= 11 is 0. The summed E-state index contributed by atoms with van der Waals surface area (Å²) in [5.74, 6) is 0.536. The zero-order valence-corrected chi connectivity index (χ0v) is 6.13. The van der Waals surface area contributed by atoms with Crippen molar-refractivity contribution in [1.29, 1.82) is 0 Å². The molecule has 3 nitrogen and oxygen atoms in total. The second-order valence-corrected chi connectivity index (χ2v) is 2.82. The molecule has 0 bridgehead atoms. The van der Waals surface area contributed by atoms with E-state index in [0.29, 0.717) is 5.92 Å². The molecule has 0 spiro atoms. The fourth-order valence-electron chi connectivity index (χ4n) is 1.40. The highest BCUT2D eigenvalue weighted by molar-refractivity contribution is 6.00. The first-order valence-electron chi connectivity index (χ1n) is 3.74. The summed E-state index contributed by atoms with van der Waals surface area (Å²) in [5, 5.41) is 0. The van der Waals surface area contributed by atoms with Gasteiger partial charge in [-0.1, -0.05) is 6.08 Å². The molecule has 11 heavy (non-hydrogen) atoms. The predicted molar refractivity (Wildman–Crippen MR) is 41.7 cm³/mol. The second kappa shape index (κ2) is 2.60. The predicted octanol–water partition coefficient (Wildman–Crippen LogP) is -0.224. The molecule has 58 valence electrons. The van der Waals surface area contributed by atoms with Crippen LogP contribution in [0.25, 0.3) is 0 Å². The van der Waals surface area contributed by atoms with Crippen LogP contribution in [0.5, 0.6) is 0 Å². The van der Waals surface area contributed by atoms with Crippen molar-refractivity contribution in [2.45, 2.75) is 0 Å². The van der Waals surface area contributed by atoms with Crippen LogP contribution in [-0.2, 0) is 4.79 Å². The number of nitrogens with one attached hydrogen (secondary N) is 2. The number of rotatable bonds is 0. The Kier molecular flexibility index (Phi) is 1.60. The van der Waals surface area contributed by atoms with Crippen molar-refractivity contribution in [3.63, 3.8) is 0 Å². The molecule has 1 saturated heterocycles. The largest absolute Gasteiger partial charge is 0.290 e. The topological polar surface area (TPSA) is 41.1 Å². The average Bonchev–Trinajstić information content (AvgIpc) is 2.04. The lowest BCUT2D eigenvalue weighted by Crippen LogP contribution is -2.44. The van der Waals surface area contributed by atoms with E-state index >= 15 is 0 Å². The molecule has 1 fully saturated rings. The van der Waals surface area contributed by atoms with Crippen molar-refractivity contribution < 1.29 is 4.79 Å². The van der Waals surface area contributed by atoms with Gasteiger partial charge < -0.3 is 0 Å². The van der Waals surface area contributed by atoms with Crippen molar-refractivity contribution in [3.8, 4) is 0 Å². The third kappa shape index (κ3) is 1.25. The molecule has 1 aliphatic carbocycles. The number of hydrogen-bond donors (Lipinski definition) is 2. The monoisotopic (exact) mass is 150 g/mol. The van der Waals surface area contributed by atoms with Gasteiger partial charge in [-0.05, 0) is 17.7 Å². The maximum atomic E-state index is 10.9. The van der Waals surface area contributed by atoms with E-state index in [2.05, 4.69) is 10.9 Å². The van der Waals surface area contributed by atoms with E-state index in [9.17, 15) is 4.79 Å². The minimum Gasteiger partial charge on any atom is -0.290 e. The maximum absolute atomic E-state index is 10.9. The second-order valence-electron chi connectivity index (χ2n) is 2.82. The molecule has 1 atom stereocenters. The lowest BCUT2D eigenvalue weighted by molar-refractivity contribution is -0.110. The summed E-state index contributed by atoms with van der Waals surface area (Å²) in [5.41, 5.74) is 7.24. The number of allylic oxidation sites excluding steroid dienone is 2. The number of carbonyl (C=O) groups excluding carboxylic acids is 1. The van der Waals surface area contributed by atoms with Crippen LogP contribution in [0, 0.1) is 5.92 Å². The average molecular weight is 150 g/mol. The molecule has 0 amide bonds. The molecule has 0 aromatic carbocycles. The maximum Gasteiger partial charge on any atom is 0.178 e. The first-order chi connectivity index (χ1) is 5.36. The zero-order valence-electron chi connectivity index (χ0n) is 6.13. The third-order valence-corrected chi connectivity index (χ3v) is 2.04. The zero-order chi connectivity index (χ0) is 7.68. The van der Waals surface area contributed by atoms with Gasteiger partial charge >= 0.3 is 0 Å². The van der Waals surface area contributed by atoms with Gasteiger partial charge in [-0.2, -0.15) is 0 Å². The summed E-state index contributed by atoms with van der Waals surface area (Å²) in [7, 11) is 0. The highest BCUT2D eigenvalue weighted by atomic mass is 16.1. The Morgan fingerprint density at radius 2 is 2.36 bits per heavy atom. The molecular formula is C8H10N2O. The lowest BCUT2D eigenvalue weighted by Gasteiger charge is -2.25. The molecule has 1 aliphatic heterocycles. The summed E-state index contributed by atoms with van der Waals surface area (Å²) < 4.78 is 0. The number of fused-ring (bicyclic) bond motifs is 1. The highest BCUT2D eigenvalue weighted by Crippen LogP contribution is 2.17. The standard InChI is InChI=1S/C8H10N2O/c11-8-2-1-6-4-9-10-5-7(6)3-8/h1-3,6,9-10H,4-5H2. The van der Waals surface area contributed by atoms with Crippen LogP contribution < -0.4 is 10.9 Å². The number of carbonyl (C=O) groups is 1. The highest BCUT2D eigenvalue weighted by Gasteiger charge is 2.18. The number of ketones is 1. The van der Waals surface area contributed by atoms with Crippen LogP contribution in [0.3, 0.4) is 0 Å². The molecule has 0 radical (unpaired) electrons. The van der Waals surface area contributed by atoms with Gasteiger partial charge in [-0.3, -0.25) is 15.6 Å². The molecule has 2 rings (SSSR count). The first kappa shape index (κ1) is 6.76. The van der Waals surface area contributed by atoms with E-state index in [1.807, 2.05) is 6.08 Å². The quantitative estimate of drug-likeness (QED) is 0.501. The third-order valence-electron chi connectivity index (χ3n) is 2.04. The molecule has 3 heteroatoms. The molecule has 0 saturated carbocycles. The molecular weight excluding hydrogens is 140 g/mol. The Morgan fingerprint density at radius 1 is 1.45 bits per heavy atom. The lowest BCUT2D eigenvalue weighted by atomic mass is 9.92.